The van der Waals surface area contributed by atoms with Crippen LogP contribution in [-0.4, -0.2) is 69.1 Å². The van der Waals surface area contributed by atoms with Crippen LogP contribution in [0, 0.1) is 0 Å². The van der Waals surface area contributed by atoms with E-state index in [2.05, 4.69) is 24.1 Å². The molecular formula is C26H36N4O7S. The smallest absolute Gasteiger partial charge is 0.391 e. The van der Waals surface area contributed by atoms with Gasteiger partial charge in [-0.3, -0.25) is 9.59 Å². The highest BCUT2D eigenvalue weighted by Crippen LogP contribution is 2.15. The monoisotopic (exact) mass is 548 g/mol. The van der Waals surface area contributed by atoms with Crippen LogP contribution >= 0.6 is 0 Å². The lowest BCUT2D eigenvalue weighted by Gasteiger charge is -2.22. The number of carbonyl (C=O) groups excluding carboxylic acids is 3. The molecule has 0 spiro atoms. The second kappa shape index (κ2) is 15.7. The maximum Gasteiger partial charge on any atom is 0.414 e. The molecule has 2 N–H and O–H groups in total. The van der Waals surface area contributed by atoms with Crippen molar-refractivity contribution < 1.29 is 32.3 Å². The number of nitrogens with zero attached hydrogens (tertiary/aromatic N) is 2. The van der Waals surface area contributed by atoms with E-state index in [9.17, 15) is 22.8 Å². The third-order valence-corrected chi connectivity index (χ3v) is 6.75. The minimum Gasteiger partial charge on any atom is -0.391 e. The van der Waals surface area contributed by atoms with Crippen LogP contribution in [0.5, 0.6) is 5.88 Å². The number of carbonyl (C=O) groups is 3. The summed E-state index contributed by atoms with van der Waals surface area (Å²) in [7, 11) is -4.20. The summed E-state index contributed by atoms with van der Waals surface area (Å²) in [6, 6.07) is 8.02. The Bertz CT molecular complexity index is 1150. The molecule has 38 heavy (non-hydrogen) atoms. The molecule has 0 aliphatic rings. The first kappa shape index (κ1) is 30.7. The Labute approximate surface area is 224 Å². The Morgan fingerprint density at radius 2 is 1.55 bits per heavy atom. The predicted octanol–water partition coefficient (Wildman–Crippen LogP) is 3.37. The van der Waals surface area contributed by atoms with E-state index in [-0.39, 0.29) is 28.8 Å². The van der Waals surface area contributed by atoms with Crippen molar-refractivity contribution in [2.45, 2.75) is 51.3 Å². The SMILES string of the molecule is CCCCN(CCCC)C(=O)c1ccc(S(=O)(=O)NC(=O)c2ccc(OC(=O)NCCOCC)nc2)cc1. The average molecular weight is 549 g/mol. The van der Waals surface area contributed by atoms with Gasteiger partial charge in [0.25, 0.3) is 21.8 Å². The van der Waals surface area contributed by atoms with Gasteiger partial charge in [0.05, 0.1) is 17.1 Å². The quantitative estimate of drug-likeness (QED) is 0.323. The third kappa shape index (κ3) is 9.75. The third-order valence-electron chi connectivity index (χ3n) is 5.40. The fourth-order valence-corrected chi connectivity index (χ4v) is 4.26. The van der Waals surface area contributed by atoms with Gasteiger partial charge in [-0.1, -0.05) is 26.7 Å². The summed E-state index contributed by atoms with van der Waals surface area (Å²) >= 11 is 0. The Morgan fingerprint density at radius 1 is 0.921 bits per heavy atom. The second-order valence-corrected chi connectivity index (χ2v) is 10.0. The van der Waals surface area contributed by atoms with Crippen molar-refractivity contribution in [1.82, 2.24) is 19.9 Å². The number of benzene rings is 1. The lowest BCUT2D eigenvalue weighted by atomic mass is 10.1. The first-order chi connectivity index (χ1) is 18.2. The van der Waals surface area contributed by atoms with E-state index in [1.54, 1.807) is 4.90 Å². The molecule has 1 aromatic carbocycles. The summed E-state index contributed by atoms with van der Waals surface area (Å²) in [5.74, 6) is -1.13. The molecule has 3 amide bonds. The van der Waals surface area contributed by atoms with Gasteiger partial charge in [0.15, 0.2) is 0 Å². The molecule has 1 heterocycles. The van der Waals surface area contributed by atoms with Crippen molar-refractivity contribution in [3.63, 3.8) is 0 Å². The zero-order valence-electron chi connectivity index (χ0n) is 22.1. The van der Waals surface area contributed by atoms with Gasteiger partial charge in [0.2, 0.25) is 5.88 Å². The van der Waals surface area contributed by atoms with Crippen LogP contribution in [-0.2, 0) is 14.8 Å². The van der Waals surface area contributed by atoms with Crippen LogP contribution in [0.3, 0.4) is 0 Å². The van der Waals surface area contributed by atoms with E-state index >= 15 is 0 Å². The number of hydrogen-bond donors (Lipinski definition) is 2. The molecule has 2 rings (SSSR count). The van der Waals surface area contributed by atoms with Crippen molar-refractivity contribution in [1.29, 1.82) is 0 Å². The highest BCUT2D eigenvalue weighted by Gasteiger charge is 2.21. The summed E-state index contributed by atoms with van der Waals surface area (Å²) in [6.45, 7) is 8.35. The molecule has 208 valence electrons. The molecule has 11 nitrogen and oxygen atoms in total. The number of aromatic nitrogens is 1. The molecule has 0 saturated carbocycles. The fourth-order valence-electron chi connectivity index (χ4n) is 3.29. The molecule has 1 aromatic heterocycles. The molecular weight excluding hydrogens is 512 g/mol. The first-order valence-corrected chi connectivity index (χ1v) is 14.2. The number of hydrogen-bond acceptors (Lipinski definition) is 8. The Hall–Kier alpha value is -3.51. The van der Waals surface area contributed by atoms with Gasteiger partial charge in [-0.05, 0) is 50.1 Å². The van der Waals surface area contributed by atoms with Crippen LogP contribution in [0.1, 0.15) is 67.2 Å². The lowest BCUT2D eigenvalue weighted by molar-refractivity contribution is 0.0750. The standard InChI is InChI=1S/C26H36N4O7S/c1-4-7-16-30(17-8-5-2)25(32)20-9-12-22(13-10-20)38(34,35)29-24(31)21-11-14-23(28-19-21)37-26(33)27-15-18-36-6-3/h9-14,19H,4-8,15-18H2,1-3H3,(H,27,33)(H,29,31). The van der Waals surface area contributed by atoms with Gasteiger partial charge in [-0.15, -0.1) is 0 Å². The van der Waals surface area contributed by atoms with Crippen molar-refractivity contribution in [2.24, 2.45) is 0 Å². The number of ether oxygens (including phenoxy) is 2. The number of unbranched alkanes of at least 4 members (excludes halogenated alkanes) is 2. The number of pyridine rings is 1. The predicted molar refractivity (Wildman–Crippen MR) is 142 cm³/mol. The van der Waals surface area contributed by atoms with Gasteiger partial charge in [-0.2, -0.15) is 0 Å². The van der Waals surface area contributed by atoms with Gasteiger partial charge in [-0.25, -0.2) is 22.9 Å². The van der Waals surface area contributed by atoms with Crippen LogP contribution in [0.25, 0.3) is 0 Å². The molecule has 2 aromatic rings. The number of rotatable bonds is 15. The minimum atomic E-state index is -4.20. The molecule has 0 saturated heterocycles. The molecule has 0 fully saturated rings. The molecule has 0 bridgehead atoms. The zero-order chi connectivity index (χ0) is 28.0. The highest BCUT2D eigenvalue weighted by atomic mass is 32.2. The second-order valence-electron chi connectivity index (χ2n) is 8.36. The topological polar surface area (TPSA) is 144 Å². The molecule has 0 atom stereocenters. The molecule has 0 radical (unpaired) electrons. The van der Waals surface area contributed by atoms with Crippen molar-refractivity contribution in [3.05, 3.63) is 53.7 Å². The maximum absolute atomic E-state index is 12.9. The van der Waals surface area contributed by atoms with Crippen LogP contribution in [0.2, 0.25) is 0 Å². The summed E-state index contributed by atoms with van der Waals surface area (Å²) in [5.41, 5.74) is 0.330. The maximum atomic E-state index is 12.9. The minimum absolute atomic E-state index is 0.0491. The first-order valence-electron chi connectivity index (χ1n) is 12.7. The molecule has 12 heteroatoms. The van der Waals surface area contributed by atoms with Gasteiger partial charge in [0.1, 0.15) is 0 Å². The number of sulfonamides is 1. The van der Waals surface area contributed by atoms with E-state index in [4.69, 9.17) is 9.47 Å². The van der Waals surface area contributed by atoms with Gasteiger partial charge >= 0.3 is 6.09 Å². The van der Waals surface area contributed by atoms with Crippen molar-refractivity contribution >= 4 is 27.9 Å². The summed E-state index contributed by atoms with van der Waals surface area (Å²) < 4.78 is 37.6. The van der Waals surface area contributed by atoms with E-state index in [1.165, 1.54) is 36.4 Å². The number of amides is 3. The van der Waals surface area contributed by atoms with E-state index in [0.29, 0.717) is 31.9 Å². The molecule has 0 aliphatic heterocycles. The Kier molecular flexibility index (Phi) is 12.7. The molecule has 0 unspecified atom stereocenters. The van der Waals surface area contributed by atoms with Crippen LogP contribution in [0.15, 0.2) is 47.5 Å². The largest absolute Gasteiger partial charge is 0.414 e. The zero-order valence-corrected chi connectivity index (χ0v) is 22.9. The fraction of sp³-hybridized carbons (Fsp3) is 0.462. The average Bonchev–Trinajstić information content (AvgIpc) is 2.91. The Balaban J connectivity index is 2.00. The summed E-state index contributed by atoms with van der Waals surface area (Å²) in [5, 5.41) is 2.48. The van der Waals surface area contributed by atoms with Gasteiger partial charge in [0, 0.05) is 44.1 Å². The summed E-state index contributed by atoms with van der Waals surface area (Å²) in [6.07, 6.45) is 4.05. The molecule has 0 aliphatic carbocycles. The van der Waals surface area contributed by atoms with E-state index in [1.807, 2.05) is 11.6 Å². The highest BCUT2D eigenvalue weighted by molar-refractivity contribution is 7.90. The van der Waals surface area contributed by atoms with Crippen molar-refractivity contribution in [3.8, 4) is 5.88 Å². The Morgan fingerprint density at radius 3 is 2.11 bits per heavy atom. The van der Waals surface area contributed by atoms with E-state index < -0.39 is 22.0 Å². The van der Waals surface area contributed by atoms with Crippen LogP contribution in [0.4, 0.5) is 4.79 Å². The van der Waals surface area contributed by atoms with Crippen LogP contribution < -0.4 is 14.8 Å². The van der Waals surface area contributed by atoms with Crippen molar-refractivity contribution in [2.75, 3.05) is 32.8 Å². The van der Waals surface area contributed by atoms with E-state index in [0.717, 1.165) is 31.9 Å². The summed E-state index contributed by atoms with van der Waals surface area (Å²) in [4.78, 5) is 42.6. The normalized spacial score (nSPS) is 11.0. The van der Waals surface area contributed by atoms with Gasteiger partial charge < -0.3 is 19.7 Å². The lowest BCUT2D eigenvalue weighted by Crippen LogP contribution is -2.33. The number of nitrogens with one attached hydrogen (secondary N) is 2.